The van der Waals surface area contributed by atoms with Gasteiger partial charge in [-0.2, -0.15) is 5.26 Å². The number of ether oxygens (including phenoxy) is 1. The van der Waals surface area contributed by atoms with Gasteiger partial charge in [0.25, 0.3) is 0 Å². The molecule has 1 heterocycles. The van der Waals surface area contributed by atoms with Gasteiger partial charge in [-0.25, -0.2) is 4.79 Å². The van der Waals surface area contributed by atoms with Crippen molar-refractivity contribution >= 4 is 12.0 Å². The van der Waals surface area contributed by atoms with Crippen molar-refractivity contribution in [1.82, 2.24) is 4.57 Å². The Kier molecular flexibility index (Phi) is 6.05. The first-order chi connectivity index (χ1) is 12.3. The minimum Gasteiger partial charge on any atom is -0.422 e. The third-order valence-corrected chi connectivity index (χ3v) is 4.77. The number of carbonyl (C=O) groups excluding carboxylic acids is 1. The van der Waals surface area contributed by atoms with Gasteiger partial charge in [-0.1, -0.05) is 19.1 Å². The quantitative estimate of drug-likeness (QED) is 0.332. The molecule has 2 aromatic rings. The van der Waals surface area contributed by atoms with E-state index in [2.05, 4.69) is 11.5 Å². The van der Waals surface area contributed by atoms with E-state index in [0.29, 0.717) is 5.75 Å². The highest BCUT2D eigenvalue weighted by Gasteiger charge is 2.17. The molecule has 0 aliphatic rings. The first-order valence-corrected chi connectivity index (χ1v) is 8.87. The van der Waals surface area contributed by atoms with Gasteiger partial charge >= 0.3 is 5.97 Å². The third kappa shape index (κ3) is 3.88. The van der Waals surface area contributed by atoms with E-state index in [0.717, 1.165) is 46.6 Å². The molecule has 0 saturated heterocycles. The predicted molar refractivity (Wildman–Crippen MR) is 104 cm³/mol. The summed E-state index contributed by atoms with van der Waals surface area (Å²) in [5, 5.41) is 9.47. The number of benzene rings is 1. The first-order valence-electron chi connectivity index (χ1n) is 8.87. The van der Waals surface area contributed by atoms with Crippen molar-refractivity contribution in [2.75, 3.05) is 0 Å². The molecule has 1 aromatic heterocycles. The third-order valence-electron chi connectivity index (χ3n) is 4.77. The number of carbonyl (C=O) groups is 1. The van der Waals surface area contributed by atoms with Gasteiger partial charge in [-0.05, 0) is 75.4 Å². The average Bonchev–Trinajstić information content (AvgIpc) is 2.87. The van der Waals surface area contributed by atoms with E-state index in [1.54, 1.807) is 6.08 Å². The Morgan fingerprint density at radius 3 is 2.46 bits per heavy atom. The van der Waals surface area contributed by atoms with Gasteiger partial charge in [-0.15, -0.1) is 0 Å². The van der Waals surface area contributed by atoms with Crippen LogP contribution < -0.4 is 4.74 Å². The molecule has 0 saturated carbocycles. The molecule has 136 valence electrons. The lowest BCUT2D eigenvalue weighted by atomic mass is 10.1. The molecule has 4 heteroatoms. The van der Waals surface area contributed by atoms with Crippen molar-refractivity contribution in [2.24, 2.45) is 0 Å². The number of aromatic nitrogens is 1. The average molecular weight is 350 g/mol. The molecule has 0 radical (unpaired) electrons. The highest BCUT2D eigenvalue weighted by Crippen LogP contribution is 2.27. The summed E-state index contributed by atoms with van der Waals surface area (Å²) in [6.07, 6.45) is 2.65. The second-order valence-corrected chi connectivity index (χ2v) is 6.69. The van der Waals surface area contributed by atoms with Crippen molar-refractivity contribution in [2.45, 2.75) is 54.5 Å². The molecule has 0 amide bonds. The molecular weight excluding hydrogens is 324 g/mol. The van der Waals surface area contributed by atoms with Crippen LogP contribution in [0.15, 0.2) is 23.8 Å². The minimum atomic E-state index is -0.621. The number of nitrogens with zero attached hydrogens (tertiary/aromatic N) is 2. The Morgan fingerprint density at radius 2 is 1.85 bits per heavy atom. The normalized spacial score (nSPS) is 11.3. The maximum absolute atomic E-state index is 12.6. The predicted octanol–water partition coefficient (Wildman–Crippen LogP) is 4.95. The lowest BCUT2D eigenvalue weighted by molar-refractivity contribution is -0.129. The van der Waals surface area contributed by atoms with E-state index >= 15 is 0 Å². The molecule has 0 aliphatic heterocycles. The smallest absolute Gasteiger partial charge is 0.354 e. The van der Waals surface area contributed by atoms with Gasteiger partial charge < -0.3 is 9.30 Å². The van der Waals surface area contributed by atoms with Gasteiger partial charge in [0.1, 0.15) is 17.4 Å². The van der Waals surface area contributed by atoms with Crippen molar-refractivity contribution in [3.63, 3.8) is 0 Å². The maximum Gasteiger partial charge on any atom is 0.354 e. The Labute approximate surface area is 155 Å². The highest BCUT2D eigenvalue weighted by atomic mass is 16.5. The summed E-state index contributed by atoms with van der Waals surface area (Å²) in [6, 6.07) is 7.90. The van der Waals surface area contributed by atoms with Crippen LogP contribution in [0.4, 0.5) is 0 Å². The first kappa shape index (κ1) is 19.5. The zero-order valence-corrected chi connectivity index (χ0v) is 16.4. The zero-order chi connectivity index (χ0) is 19.4. The number of nitriles is 1. The Hall–Kier alpha value is -2.80. The van der Waals surface area contributed by atoms with Crippen LogP contribution in [0.25, 0.3) is 6.08 Å². The topological polar surface area (TPSA) is 55.0 Å². The van der Waals surface area contributed by atoms with Gasteiger partial charge in [0.15, 0.2) is 0 Å². The minimum absolute atomic E-state index is 0.00190. The second-order valence-electron chi connectivity index (χ2n) is 6.69. The SMILES string of the molecule is CCCn1c(C)cc(/C=C(/C#N)C(=O)Oc2c(C)ccc(C)c2C)c1C. The monoisotopic (exact) mass is 350 g/mol. The summed E-state index contributed by atoms with van der Waals surface area (Å²) in [5.74, 6) is -0.0859. The van der Waals surface area contributed by atoms with Crippen LogP contribution in [-0.4, -0.2) is 10.5 Å². The molecular formula is C22H26N2O2. The fraction of sp³-hybridized carbons (Fsp3) is 0.364. The maximum atomic E-state index is 12.6. The fourth-order valence-electron chi connectivity index (χ4n) is 3.06. The van der Waals surface area contributed by atoms with Crippen molar-refractivity contribution < 1.29 is 9.53 Å². The summed E-state index contributed by atoms with van der Waals surface area (Å²) in [4.78, 5) is 12.6. The zero-order valence-electron chi connectivity index (χ0n) is 16.4. The van der Waals surface area contributed by atoms with Crippen LogP contribution in [0.1, 0.15) is 47.0 Å². The summed E-state index contributed by atoms with van der Waals surface area (Å²) < 4.78 is 7.77. The van der Waals surface area contributed by atoms with Gasteiger partial charge in [0.05, 0.1) is 0 Å². The molecule has 0 atom stereocenters. The molecule has 0 aliphatic carbocycles. The van der Waals surface area contributed by atoms with E-state index < -0.39 is 5.97 Å². The Morgan fingerprint density at radius 1 is 1.19 bits per heavy atom. The molecule has 0 N–H and O–H groups in total. The van der Waals surface area contributed by atoms with Crippen LogP contribution in [0.5, 0.6) is 5.75 Å². The summed E-state index contributed by atoms with van der Waals surface area (Å²) in [7, 11) is 0. The highest BCUT2D eigenvalue weighted by molar-refractivity contribution is 5.99. The number of hydrogen-bond acceptors (Lipinski definition) is 3. The second kappa shape index (κ2) is 8.05. The van der Waals surface area contributed by atoms with Gasteiger partial charge in [0, 0.05) is 17.9 Å². The summed E-state index contributed by atoms with van der Waals surface area (Å²) in [6.45, 7) is 12.9. The lowest BCUT2D eigenvalue weighted by Crippen LogP contribution is -2.12. The number of rotatable bonds is 5. The molecule has 0 unspecified atom stereocenters. The van der Waals surface area contributed by atoms with Crippen LogP contribution in [0.3, 0.4) is 0 Å². The molecule has 0 bridgehead atoms. The van der Waals surface area contributed by atoms with E-state index in [-0.39, 0.29) is 5.57 Å². The van der Waals surface area contributed by atoms with Crippen molar-refractivity contribution in [3.05, 3.63) is 57.4 Å². The molecule has 1 aromatic carbocycles. The van der Waals surface area contributed by atoms with Gasteiger partial charge in [-0.3, -0.25) is 0 Å². The number of hydrogen-bond donors (Lipinski definition) is 0. The van der Waals surface area contributed by atoms with Crippen LogP contribution >= 0.6 is 0 Å². The largest absolute Gasteiger partial charge is 0.422 e. The van der Waals surface area contributed by atoms with Crippen molar-refractivity contribution in [1.29, 1.82) is 5.26 Å². The van der Waals surface area contributed by atoms with E-state index in [4.69, 9.17) is 4.74 Å². The van der Waals surface area contributed by atoms with Crippen LogP contribution in [-0.2, 0) is 11.3 Å². The van der Waals surface area contributed by atoms with E-state index in [1.165, 1.54) is 0 Å². The summed E-state index contributed by atoms with van der Waals surface area (Å²) >= 11 is 0. The van der Waals surface area contributed by atoms with E-state index in [1.807, 2.05) is 58.9 Å². The Bertz CT molecular complexity index is 911. The van der Waals surface area contributed by atoms with Crippen molar-refractivity contribution in [3.8, 4) is 11.8 Å². The lowest BCUT2D eigenvalue weighted by Gasteiger charge is -2.12. The fourth-order valence-corrected chi connectivity index (χ4v) is 3.06. The molecule has 0 spiro atoms. The summed E-state index contributed by atoms with van der Waals surface area (Å²) in [5.41, 5.74) is 5.88. The number of aryl methyl sites for hydroxylation is 3. The van der Waals surface area contributed by atoms with Crippen LogP contribution in [0.2, 0.25) is 0 Å². The number of esters is 1. The van der Waals surface area contributed by atoms with Gasteiger partial charge in [0.2, 0.25) is 0 Å². The Balaban J connectivity index is 2.36. The molecule has 2 rings (SSSR count). The molecule has 0 fully saturated rings. The molecule has 26 heavy (non-hydrogen) atoms. The van der Waals surface area contributed by atoms with Crippen LogP contribution in [0, 0.1) is 45.9 Å². The van der Waals surface area contributed by atoms with E-state index in [9.17, 15) is 10.1 Å². The molecule has 4 nitrogen and oxygen atoms in total. The standard InChI is InChI=1S/C22H26N2O2/c1-7-10-24-16(4)11-19(18(24)6)12-20(13-23)22(25)26-21-15(3)9-8-14(2)17(21)5/h8-9,11-12H,7,10H2,1-6H3/b20-12-.